The van der Waals surface area contributed by atoms with Crippen molar-refractivity contribution in [2.24, 2.45) is 29.6 Å². The molecule has 4 atom stereocenters. The van der Waals surface area contributed by atoms with Crippen LogP contribution in [0, 0.1) is 29.6 Å². The minimum absolute atomic E-state index is 0.787. The van der Waals surface area contributed by atoms with E-state index in [0.717, 1.165) is 41.6 Å². The Labute approximate surface area is 147 Å². The van der Waals surface area contributed by atoms with E-state index in [1.54, 1.807) is 0 Å². The fourth-order valence-corrected chi connectivity index (χ4v) is 3.13. The van der Waals surface area contributed by atoms with Gasteiger partial charge in [-0.05, 0) is 49.4 Å². The summed E-state index contributed by atoms with van der Waals surface area (Å²) >= 11 is 0. The zero-order valence-electron chi connectivity index (χ0n) is 17.3. The molecule has 0 saturated heterocycles. The van der Waals surface area contributed by atoms with Crippen LogP contribution in [0.5, 0.6) is 0 Å². The van der Waals surface area contributed by atoms with Crippen LogP contribution in [0.3, 0.4) is 0 Å². The summed E-state index contributed by atoms with van der Waals surface area (Å²) in [5.74, 6) is 4.20. The molecule has 0 aliphatic heterocycles. The zero-order chi connectivity index (χ0) is 18.0. The Hall–Kier alpha value is -0.520. The van der Waals surface area contributed by atoms with E-state index in [9.17, 15) is 0 Å². The molecule has 0 heteroatoms. The highest BCUT2D eigenvalue weighted by Crippen LogP contribution is 2.29. The lowest BCUT2D eigenvalue weighted by Crippen LogP contribution is -2.13. The summed E-state index contributed by atoms with van der Waals surface area (Å²) in [5, 5.41) is 0. The first-order valence-corrected chi connectivity index (χ1v) is 9.98. The summed E-state index contributed by atoms with van der Waals surface area (Å²) < 4.78 is 0. The van der Waals surface area contributed by atoms with Crippen LogP contribution in [0.4, 0.5) is 0 Å². The van der Waals surface area contributed by atoms with Gasteiger partial charge in [-0.15, -0.1) is 0 Å². The largest absolute Gasteiger partial charge is 0.0959 e. The molecule has 0 fully saturated rings. The van der Waals surface area contributed by atoms with Crippen LogP contribution in [-0.4, -0.2) is 0 Å². The minimum atomic E-state index is 0.787. The van der Waals surface area contributed by atoms with E-state index in [0.29, 0.717) is 0 Å². The second-order valence-corrected chi connectivity index (χ2v) is 8.73. The van der Waals surface area contributed by atoms with Crippen LogP contribution in [0.1, 0.15) is 93.4 Å². The average Bonchev–Trinajstić information content (AvgIpc) is 2.48. The first kappa shape index (κ1) is 22.5. The summed E-state index contributed by atoms with van der Waals surface area (Å²) in [4.78, 5) is 0. The molecule has 0 aliphatic rings. The summed E-state index contributed by atoms with van der Waals surface area (Å²) in [7, 11) is 0. The van der Waals surface area contributed by atoms with Crippen molar-refractivity contribution in [2.75, 3.05) is 0 Å². The SMILES string of the molecule is C=C(C)C(=C)CCC(C)C(C)CCC(C)C(C)CCCC(C)C. The molecule has 0 radical (unpaired) electrons. The van der Waals surface area contributed by atoms with Gasteiger partial charge < -0.3 is 0 Å². The van der Waals surface area contributed by atoms with Gasteiger partial charge in [0.2, 0.25) is 0 Å². The monoisotopic (exact) mass is 320 g/mol. The molecule has 136 valence electrons. The van der Waals surface area contributed by atoms with Gasteiger partial charge in [-0.1, -0.05) is 98.0 Å². The van der Waals surface area contributed by atoms with Crippen LogP contribution in [0.2, 0.25) is 0 Å². The first-order valence-electron chi connectivity index (χ1n) is 9.98. The van der Waals surface area contributed by atoms with Gasteiger partial charge in [0.1, 0.15) is 0 Å². The normalized spacial score (nSPS) is 16.9. The van der Waals surface area contributed by atoms with Gasteiger partial charge in [-0.2, -0.15) is 0 Å². The highest BCUT2D eigenvalue weighted by atomic mass is 14.2. The summed E-state index contributed by atoms with van der Waals surface area (Å²) in [6, 6.07) is 0. The maximum Gasteiger partial charge on any atom is -0.0280 e. The Morgan fingerprint density at radius 2 is 1.09 bits per heavy atom. The predicted octanol–water partition coefficient (Wildman–Crippen LogP) is 8.05. The molecule has 0 heterocycles. The third-order valence-electron chi connectivity index (χ3n) is 5.97. The van der Waals surface area contributed by atoms with Gasteiger partial charge in [0.25, 0.3) is 0 Å². The van der Waals surface area contributed by atoms with Crippen molar-refractivity contribution in [1.29, 1.82) is 0 Å². The van der Waals surface area contributed by atoms with Gasteiger partial charge in [0, 0.05) is 0 Å². The van der Waals surface area contributed by atoms with Gasteiger partial charge >= 0.3 is 0 Å². The molecule has 0 bridgehead atoms. The van der Waals surface area contributed by atoms with E-state index >= 15 is 0 Å². The molecule has 0 aromatic carbocycles. The molecule has 0 rings (SSSR count). The van der Waals surface area contributed by atoms with Crippen LogP contribution in [0.15, 0.2) is 24.3 Å². The Bertz CT molecular complexity index is 336. The van der Waals surface area contributed by atoms with Crippen molar-refractivity contribution in [3.8, 4) is 0 Å². The third-order valence-corrected chi connectivity index (χ3v) is 5.97. The van der Waals surface area contributed by atoms with Crippen molar-refractivity contribution in [1.82, 2.24) is 0 Å². The Balaban J connectivity index is 3.99. The number of hydrogen-bond acceptors (Lipinski definition) is 0. The van der Waals surface area contributed by atoms with Crippen LogP contribution in [-0.2, 0) is 0 Å². The Kier molecular flexibility index (Phi) is 11.7. The van der Waals surface area contributed by atoms with Crippen molar-refractivity contribution in [3.63, 3.8) is 0 Å². The fourth-order valence-electron chi connectivity index (χ4n) is 3.13. The summed E-state index contributed by atoms with van der Waals surface area (Å²) in [6.45, 7) is 24.6. The molecule has 0 aliphatic carbocycles. The van der Waals surface area contributed by atoms with Crippen LogP contribution in [0.25, 0.3) is 0 Å². The lowest BCUT2D eigenvalue weighted by molar-refractivity contribution is 0.271. The van der Waals surface area contributed by atoms with Crippen LogP contribution >= 0.6 is 0 Å². The van der Waals surface area contributed by atoms with E-state index < -0.39 is 0 Å². The number of rotatable bonds is 13. The lowest BCUT2D eigenvalue weighted by Gasteiger charge is -2.25. The van der Waals surface area contributed by atoms with Crippen molar-refractivity contribution in [2.45, 2.75) is 93.4 Å². The number of hydrogen-bond donors (Lipinski definition) is 0. The Morgan fingerprint density at radius 3 is 1.52 bits per heavy atom. The summed E-state index contributed by atoms with van der Waals surface area (Å²) in [6.07, 6.45) is 9.32. The van der Waals surface area contributed by atoms with Gasteiger partial charge in [0.05, 0.1) is 0 Å². The van der Waals surface area contributed by atoms with E-state index in [4.69, 9.17) is 0 Å². The van der Waals surface area contributed by atoms with E-state index in [2.05, 4.69) is 61.6 Å². The van der Waals surface area contributed by atoms with Crippen molar-refractivity contribution < 1.29 is 0 Å². The second kappa shape index (κ2) is 11.9. The molecule has 0 N–H and O–H groups in total. The lowest BCUT2D eigenvalue weighted by atomic mass is 9.81. The molecule has 0 aromatic heterocycles. The molecule has 0 aromatic rings. The van der Waals surface area contributed by atoms with Crippen molar-refractivity contribution >= 4 is 0 Å². The molecular weight excluding hydrogens is 276 g/mol. The summed E-state index contributed by atoms with van der Waals surface area (Å²) in [5.41, 5.74) is 2.38. The maximum absolute atomic E-state index is 4.12. The topological polar surface area (TPSA) is 0 Å². The molecule has 4 unspecified atom stereocenters. The molecule has 23 heavy (non-hydrogen) atoms. The molecular formula is C23H44. The zero-order valence-corrected chi connectivity index (χ0v) is 17.3. The van der Waals surface area contributed by atoms with E-state index in [1.807, 2.05) is 0 Å². The van der Waals surface area contributed by atoms with Gasteiger partial charge in [-0.3, -0.25) is 0 Å². The quantitative estimate of drug-likeness (QED) is 0.301. The van der Waals surface area contributed by atoms with Gasteiger partial charge in [-0.25, -0.2) is 0 Å². The predicted molar refractivity (Wildman–Crippen MR) is 108 cm³/mol. The molecule has 0 saturated carbocycles. The fraction of sp³-hybridized carbons (Fsp3) is 0.826. The van der Waals surface area contributed by atoms with Crippen LogP contribution < -0.4 is 0 Å². The Morgan fingerprint density at radius 1 is 0.652 bits per heavy atom. The van der Waals surface area contributed by atoms with Crippen molar-refractivity contribution in [3.05, 3.63) is 24.3 Å². The third kappa shape index (κ3) is 10.8. The molecule has 0 spiro atoms. The second-order valence-electron chi connectivity index (χ2n) is 8.73. The molecule has 0 nitrogen and oxygen atoms in total. The van der Waals surface area contributed by atoms with Gasteiger partial charge in [0.15, 0.2) is 0 Å². The van der Waals surface area contributed by atoms with E-state index in [1.165, 1.54) is 44.1 Å². The average molecular weight is 321 g/mol. The standard InChI is InChI=1S/C23H44/c1-17(2)11-10-12-20(6)21(7)15-16-23(9)22(8)14-13-19(5)18(3)4/h17,20-23H,3,5,10-16H2,1-2,4,6-9H3. The number of allylic oxidation sites excluding steroid dienone is 2. The maximum atomic E-state index is 4.12. The highest BCUT2D eigenvalue weighted by molar-refractivity contribution is 5.22. The highest BCUT2D eigenvalue weighted by Gasteiger charge is 2.17. The molecule has 0 amide bonds. The van der Waals surface area contributed by atoms with E-state index in [-0.39, 0.29) is 0 Å². The minimum Gasteiger partial charge on any atom is -0.0959 e. The smallest absolute Gasteiger partial charge is 0.0280 e. The first-order chi connectivity index (χ1) is 10.6.